The van der Waals surface area contributed by atoms with Crippen molar-refractivity contribution in [1.82, 2.24) is 15.2 Å². The maximum atomic E-state index is 15.0. The van der Waals surface area contributed by atoms with E-state index < -0.39 is 30.0 Å². The minimum absolute atomic E-state index is 0.0302. The number of aliphatic hydroxyl groups excluding tert-OH is 1. The normalized spacial score (nSPS) is 19.2. The summed E-state index contributed by atoms with van der Waals surface area (Å²) < 4.78 is 48.6. The van der Waals surface area contributed by atoms with Gasteiger partial charge >= 0.3 is 0 Å². The summed E-state index contributed by atoms with van der Waals surface area (Å²) in [7, 11) is 1.99. The lowest BCUT2D eigenvalue weighted by molar-refractivity contribution is -0.0583. The van der Waals surface area contributed by atoms with Gasteiger partial charge in [-0.25, -0.2) is 4.39 Å². The largest absolute Gasteiger partial charge is 0.390 e. The smallest absolute Gasteiger partial charge is 0.298 e. The van der Waals surface area contributed by atoms with Crippen molar-refractivity contribution in [3.05, 3.63) is 53.1 Å². The number of anilines is 2. The molecule has 3 aromatic rings. The highest BCUT2D eigenvalue weighted by Gasteiger charge is 2.35. The van der Waals surface area contributed by atoms with Crippen LogP contribution in [-0.2, 0) is 10.7 Å². The molecular formula is C25H30F3N5O2. The lowest BCUT2D eigenvalue weighted by Gasteiger charge is -2.25. The van der Waals surface area contributed by atoms with Crippen LogP contribution < -0.4 is 10.2 Å². The first-order chi connectivity index (χ1) is 16.6. The lowest BCUT2D eigenvalue weighted by Crippen LogP contribution is -2.28. The highest BCUT2D eigenvalue weighted by molar-refractivity contribution is 5.92. The second-order valence-electron chi connectivity index (χ2n) is 9.32. The fourth-order valence-electron chi connectivity index (χ4n) is 4.39. The fourth-order valence-corrected chi connectivity index (χ4v) is 4.39. The molecule has 0 radical (unpaired) electrons. The molecule has 3 atom stereocenters. The predicted octanol–water partition coefficient (Wildman–Crippen LogP) is 4.45. The number of pyridine rings is 1. The van der Waals surface area contributed by atoms with E-state index in [1.807, 2.05) is 13.1 Å². The van der Waals surface area contributed by atoms with Crippen LogP contribution in [0.25, 0.3) is 10.9 Å². The van der Waals surface area contributed by atoms with Crippen molar-refractivity contribution in [2.24, 2.45) is 11.8 Å². The van der Waals surface area contributed by atoms with Crippen LogP contribution in [0, 0.1) is 24.6 Å². The number of alkyl halides is 2. The number of hydrogen-bond donors (Lipinski definition) is 2. The molecule has 10 heteroatoms. The van der Waals surface area contributed by atoms with Crippen molar-refractivity contribution in [3.8, 4) is 0 Å². The molecule has 0 saturated carbocycles. The number of hydrogen-bond acceptors (Lipinski definition) is 7. The van der Waals surface area contributed by atoms with Gasteiger partial charge in [-0.1, -0.05) is 19.1 Å². The second kappa shape index (κ2) is 9.94. The van der Waals surface area contributed by atoms with Gasteiger partial charge in [0.25, 0.3) is 5.92 Å². The van der Waals surface area contributed by atoms with Crippen LogP contribution in [0.2, 0.25) is 0 Å². The van der Waals surface area contributed by atoms with Gasteiger partial charge in [0.2, 0.25) is 0 Å². The van der Waals surface area contributed by atoms with Crippen LogP contribution in [-0.4, -0.2) is 53.7 Å². The zero-order chi connectivity index (χ0) is 25.3. The topological polar surface area (TPSA) is 83.4 Å². The monoisotopic (exact) mass is 489 g/mol. The van der Waals surface area contributed by atoms with E-state index in [-0.39, 0.29) is 5.56 Å². The number of aliphatic hydroxyl groups is 1. The first-order valence-electron chi connectivity index (χ1n) is 11.6. The first kappa shape index (κ1) is 25.1. The van der Waals surface area contributed by atoms with E-state index >= 15 is 0 Å². The molecule has 1 saturated heterocycles. The molecule has 188 valence electrons. The van der Waals surface area contributed by atoms with Gasteiger partial charge in [0.1, 0.15) is 12.4 Å². The molecule has 1 aliphatic heterocycles. The molecule has 1 aromatic carbocycles. The Labute approximate surface area is 202 Å². The van der Waals surface area contributed by atoms with Crippen LogP contribution in [0.1, 0.15) is 36.7 Å². The molecule has 0 unspecified atom stereocenters. The number of nitrogens with zero attached hydrogens (tertiary/aromatic N) is 4. The quantitative estimate of drug-likeness (QED) is 0.484. The maximum absolute atomic E-state index is 15.0. The average molecular weight is 490 g/mol. The molecule has 2 aromatic heterocycles. The van der Waals surface area contributed by atoms with Crippen molar-refractivity contribution in [1.29, 1.82) is 0 Å². The van der Waals surface area contributed by atoms with Crippen molar-refractivity contribution in [2.75, 3.05) is 43.6 Å². The summed E-state index contributed by atoms with van der Waals surface area (Å²) in [6.45, 7) is 6.45. The van der Waals surface area contributed by atoms with Gasteiger partial charge in [0.05, 0.1) is 41.3 Å². The summed E-state index contributed by atoms with van der Waals surface area (Å²) in [6.07, 6.45) is 1.78. The third-order valence-electron chi connectivity index (χ3n) is 6.68. The zero-order valence-corrected chi connectivity index (χ0v) is 20.2. The summed E-state index contributed by atoms with van der Waals surface area (Å²) in [6, 6.07) is 4.99. The number of benzene rings is 1. The summed E-state index contributed by atoms with van der Waals surface area (Å²) in [4.78, 5) is 6.71. The Bertz CT molecular complexity index is 1210. The first-order valence-corrected chi connectivity index (χ1v) is 11.6. The van der Waals surface area contributed by atoms with Crippen molar-refractivity contribution >= 4 is 22.4 Å². The van der Waals surface area contributed by atoms with E-state index in [0.29, 0.717) is 34.3 Å². The summed E-state index contributed by atoms with van der Waals surface area (Å²) in [5.74, 6) is -3.49. The molecule has 1 aliphatic rings. The van der Waals surface area contributed by atoms with Gasteiger partial charge in [-0.3, -0.25) is 4.98 Å². The van der Waals surface area contributed by atoms with E-state index in [0.717, 1.165) is 31.5 Å². The van der Waals surface area contributed by atoms with Gasteiger partial charge < -0.3 is 20.1 Å². The number of aromatic nitrogens is 3. The molecule has 0 spiro atoms. The van der Waals surface area contributed by atoms with Gasteiger partial charge in [-0.2, -0.15) is 13.9 Å². The van der Waals surface area contributed by atoms with Gasteiger partial charge in [-0.15, -0.1) is 5.10 Å². The van der Waals surface area contributed by atoms with Crippen molar-refractivity contribution in [2.45, 2.75) is 32.7 Å². The van der Waals surface area contributed by atoms with Gasteiger partial charge in [0.15, 0.2) is 5.82 Å². The van der Waals surface area contributed by atoms with Crippen LogP contribution in [0.4, 0.5) is 24.7 Å². The number of fused-ring (bicyclic) bond motifs is 1. The highest BCUT2D eigenvalue weighted by atomic mass is 19.3. The molecule has 1 fully saturated rings. The Kier molecular flexibility index (Phi) is 7.14. The Morgan fingerprint density at radius 3 is 2.74 bits per heavy atom. The molecule has 0 amide bonds. The Morgan fingerprint density at radius 1 is 1.29 bits per heavy atom. The summed E-state index contributed by atoms with van der Waals surface area (Å²) in [5.41, 5.74) is 1.35. The number of aryl methyl sites for hydroxylation is 1. The van der Waals surface area contributed by atoms with E-state index in [2.05, 4.69) is 32.3 Å². The number of rotatable bonds is 8. The standard InChI is InChI=1S/C25H30F3N5O2/c1-14-11-35-12-17(14)10-33(4)18-8-20-23(29-9-18)16(3)31-32-24(20)30-15(2)19-6-5-7-21(22(19)26)25(27,28)13-34/h5-9,14-15,17,34H,10-13H2,1-4H3,(H,30,32)/t14-,15-,17+/m1/s1. The molecule has 7 nitrogen and oxygen atoms in total. The minimum atomic E-state index is -3.68. The number of nitrogens with one attached hydrogen (secondary N) is 1. The third kappa shape index (κ3) is 5.04. The van der Waals surface area contributed by atoms with Crippen molar-refractivity contribution in [3.63, 3.8) is 0 Å². The van der Waals surface area contributed by atoms with Crippen molar-refractivity contribution < 1.29 is 23.0 Å². The van der Waals surface area contributed by atoms with E-state index in [1.165, 1.54) is 12.1 Å². The third-order valence-corrected chi connectivity index (χ3v) is 6.68. The van der Waals surface area contributed by atoms with E-state index in [1.54, 1.807) is 20.0 Å². The van der Waals surface area contributed by atoms with Gasteiger partial charge in [0, 0.05) is 37.1 Å². The molecule has 3 heterocycles. The summed E-state index contributed by atoms with van der Waals surface area (Å²) in [5, 5.41) is 21.2. The Balaban J connectivity index is 1.65. The minimum Gasteiger partial charge on any atom is -0.390 e. The van der Waals surface area contributed by atoms with E-state index in [4.69, 9.17) is 9.84 Å². The molecule has 2 N–H and O–H groups in total. The average Bonchev–Trinajstić information content (AvgIpc) is 3.24. The number of halogens is 3. The number of ether oxygens (including phenoxy) is 1. The van der Waals surface area contributed by atoms with Crippen LogP contribution >= 0.6 is 0 Å². The molecular weight excluding hydrogens is 459 g/mol. The summed E-state index contributed by atoms with van der Waals surface area (Å²) >= 11 is 0. The SMILES string of the molecule is Cc1nnc(N[C@H](C)c2cccc(C(F)(F)CO)c2F)c2cc(N(C)C[C@H]3COC[C@H]3C)cnc12. The molecule has 35 heavy (non-hydrogen) atoms. The predicted molar refractivity (Wildman–Crippen MR) is 128 cm³/mol. The van der Waals surface area contributed by atoms with Gasteiger partial charge in [-0.05, 0) is 31.9 Å². The Hall–Kier alpha value is -2.98. The Morgan fingerprint density at radius 2 is 2.06 bits per heavy atom. The van der Waals surface area contributed by atoms with Crippen LogP contribution in [0.15, 0.2) is 30.5 Å². The molecule has 4 rings (SSSR count). The molecule has 0 bridgehead atoms. The van der Waals surface area contributed by atoms with E-state index in [9.17, 15) is 13.2 Å². The van der Waals surface area contributed by atoms with Crippen LogP contribution in [0.5, 0.6) is 0 Å². The second-order valence-corrected chi connectivity index (χ2v) is 9.32. The lowest BCUT2D eigenvalue weighted by atomic mass is 9.97. The van der Waals surface area contributed by atoms with Crippen LogP contribution in [0.3, 0.4) is 0 Å². The highest BCUT2D eigenvalue weighted by Crippen LogP contribution is 2.34. The maximum Gasteiger partial charge on any atom is 0.298 e. The fraction of sp³-hybridized carbons (Fsp3) is 0.480. The zero-order valence-electron chi connectivity index (χ0n) is 20.2. The molecule has 0 aliphatic carbocycles.